The highest BCUT2D eigenvalue weighted by Crippen LogP contribution is 2.41. The number of methoxy groups -OCH3 is 1. The molecular formula is C28H26ClN5O5. The Morgan fingerprint density at radius 2 is 1.79 bits per heavy atom. The van der Waals surface area contributed by atoms with E-state index in [1.165, 1.54) is 5.56 Å². The summed E-state index contributed by atoms with van der Waals surface area (Å²) in [6, 6.07) is 11.9. The summed E-state index contributed by atoms with van der Waals surface area (Å²) in [5, 5.41) is 1.78. The van der Waals surface area contributed by atoms with E-state index in [4.69, 9.17) is 18.9 Å². The van der Waals surface area contributed by atoms with E-state index in [2.05, 4.69) is 37.6 Å². The largest absolute Gasteiger partial charge is 1.00 e. The lowest BCUT2D eigenvalue weighted by molar-refractivity contribution is -0.686. The normalized spacial score (nSPS) is 15.3. The first-order valence-electron chi connectivity index (χ1n) is 12.6. The van der Waals surface area contributed by atoms with Crippen LogP contribution in [0.5, 0.6) is 23.0 Å². The SMILES string of the molecule is COc1ccc2cc3[n+](cc2c1OC(=O)N1CCN(c2ncccn2)CC1)CCc1cc2c(cc1-3)OCO2.[Cl-]. The number of halogens is 1. The number of carbonyl (C=O) groups is 1. The Morgan fingerprint density at radius 3 is 2.56 bits per heavy atom. The van der Waals surface area contributed by atoms with Gasteiger partial charge < -0.3 is 41.2 Å². The van der Waals surface area contributed by atoms with Crippen LogP contribution in [-0.4, -0.2) is 61.0 Å². The molecule has 0 aliphatic carbocycles. The van der Waals surface area contributed by atoms with E-state index >= 15 is 0 Å². The summed E-state index contributed by atoms with van der Waals surface area (Å²) in [4.78, 5) is 25.6. The van der Waals surface area contributed by atoms with Crippen LogP contribution in [-0.2, 0) is 13.0 Å². The Hall–Kier alpha value is -4.31. The molecule has 2 aromatic heterocycles. The molecule has 0 N–H and O–H groups in total. The molecule has 0 unspecified atom stereocenters. The summed E-state index contributed by atoms with van der Waals surface area (Å²) >= 11 is 0. The van der Waals surface area contributed by atoms with Crippen LogP contribution >= 0.6 is 0 Å². The van der Waals surface area contributed by atoms with Crippen LogP contribution in [0.15, 0.2) is 55.0 Å². The van der Waals surface area contributed by atoms with Gasteiger partial charge >= 0.3 is 6.09 Å². The molecule has 10 nitrogen and oxygen atoms in total. The van der Waals surface area contributed by atoms with Crippen molar-refractivity contribution in [3.63, 3.8) is 0 Å². The van der Waals surface area contributed by atoms with E-state index in [0.717, 1.165) is 46.5 Å². The summed E-state index contributed by atoms with van der Waals surface area (Å²) < 4.78 is 25.0. The molecule has 3 aliphatic heterocycles. The molecule has 11 heteroatoms. The second-order valence-electron chi connectivity index (χ2n) is 9.46. The third-order valence-corrected chi connectivity index (χ3v) is 7.36. The van der Waals surface area contributed by atoms with Crippen LogP contribution in [0.1, 0.15) is 5.56 Å². The Morgan fingerprint density at radius 1 is 1.03 bits per heavy atom. The molecule has 0 saturated carbocycles. The highest BCUT2D eigenvalue weighted by atomic mass is 35.5. The molecule has 2 aromatic carbocycles. The summed E-state index contributed by atoms with van der Waals surface area (Å²) in [7, 11) is 1.58. The van der Waals surface area contributed by atoms with Crippen LogP contribution in [0.25, 0.3) is 22.0 Å². The number of carbonyl (C=O) groups excluding carboxylic acids is 1. The first-order chi connectivity index (χ1) is 18.7. The zero-order valence-electron chi connectivity index (χ0n) is 21.3. The Balaban J connectivity index is 0.00000277. The molecule has 0 bridgehead atoms. The van der Waals surface area contributed by atoms with Gasteiger partial charge in [-0.1, -0.05) is 0 Å². The topological polar surface area (TPSA) is 90.1 Å². The lowest BCUT2D eigenvalue weighted by Gasteiger charge is -2.34. The minimum absolute atomic E-state index is 0. The summed E-state index contributed by atoms with van der Waals surface area (Å²) in [5.41, 5.74) is 3.43. The van der Waals surface area contributed by atoms with Crippen molar-refractivity contribution >= 4 is 22.8 Å². The maximum Gasteiger partial charge on any atom is 0.415 e. The smallest absolute Gasteiger partial charge is 0.415 e. The number of piperazine rings is 1. The van der Waals surface area contributed by atoms with Gasteiger partial charge in [-0.2, -0.15) is 4.57 Å². The van der Waals surface area contributed by atoms with Gasteiger partial charge in [0.1, 0.15) is 0 Å². The molecule has 1 amide bonds. The van der Waals surface area contributed by atoms with Gasteiger partial charge in [0.2, 0.25) is 18.4 Å². The number of aromatic nitrogens is 3. The standard InChI is InChI=1S/C28H26N5O5.ClH/c1-35-23-4-3-18-13-22-20-15-25-24(36-17-37-25)14-19(20)5-8-33(22)16-21(18)26(23)38-28(34)32-11-9-31(10-12-32)27-29-6-2-7-30-27;/h2-4,6-7,13-16H,5,8-12,17H2,1H3;1H/q+1;/p-1. The van der Waals surface area contributed by atoms with Gasteiger partial charge in [0.25, 0.3) is 0 Å². The second kappa shape index (κ2) is 10.1. The van der Waals surface area contributed by atoms with Crippen molar-refractivity contribution in [3.8, 4) is 34.3 Å². The number of anilines is 1. The lowest BCUT2D eigenvalue weighted by atomic mass is 9.95. The maximum absolute atomic E-state index is 13.2. The fourth-order valence-electron chi connectivity index (χ4n) is 5.36. The number of hydrogen-bond acceptors (Lipinski definition) is 8. The van der Waals surface area contributed by atoms with Crippen molar-refractivity contribution in [2.24, 2.45) is 0 Å². The van der Waals surface area contributed by atoms with Crippen molar-refractivity contribution in [2.45, 2.75) is 13.0 Å². The van der Waals surface area contributed by atoms with Crippen LogP contribution in [0.2, 0.25) is 0 Å². The molecule has 39 heavy (non-hydrogen) atoms. The third-order valence-electron chi connectivity index (χ3n) is 7.36. The molecule has 7 rings (SSSR count). The van der Waals surface area contributed by atoms with Crippen molar-refractivity contribution in [1.29, 1.82) is 0 Å². The number of hydrogen-bond donors (Lipinski definition) is 0. The number of pyridine rings is 1. The minimum atomic E-state index is -0.398. The van der Waals surface area contributed by atoms with E-state index < -0.39 is 6.09 Å². The first kappa shape index (κ1) is 25.0. The van der Waals surface area contributed by atoms with Gasteiger partial charge in [0, 0.05) is 51.1 Å². The van der Waals surface area contributed by atoms with Crippen LogP contribution in [0.4, 0.5) is 10.7 Å². The third kappa shape index (κ3) is 4.40. The highest BCUT2D eigenvalue weighted by Gasteiger charge is 2.30. The molecule has 1 saturated heterocycles. The van der Waals surface area contributed by atoms with Crippen molar-refractivity contribution in [1.82, 2.24) is 14.9 Å². The molecule has 4 aromatic rings. The first-order valence-corrected chi connectivity index (χ1v) is 12.6. The average molecular weight is 548 g/mol. The van der Waals surface area contributed by atoms with E-state index in [1.807, 2.05) is 18.3 Å². The fourth-order valence-corrected chi connectivity index (χ4v) is 5.36. The predicted molar refractivity (Wildman–Crippen MR) is 138 cm³/mol. The molecule has 0 atom stereocenters. The molecular weight excluding hydrogens is 522 g/mol. The number of nitrogens with zero attached hydrogens (tertiary/aromatic N) is 5. The minimum Gasteiger partial charge on any atom is -1.00 e. The number of benzene rings is 2. The van der Waals surface area contributed by atoms with Gasteiger partial charge in [-0.3, -0.25) is 0 Å². The van der Waals surface area contributed by atoms with Crippen molar-refractivity contribution in [3.05, 3.63) is 60.6 Å². The van der Waals surface area contributed by atoms with E-state index in [9.17, 15) is 4.79 Å². The Bertz CT molecular complexity index is 1560. The number of fused-ring (bicyclic) bond motifs is 5. The van der Waals surface area contributed by atoms with Crippen molar-refractivity contribution < 1.29 is 40.7 Å². The van der Waals surface area contributed by atoms with Gasteiger partial charge in [0.15, 0.2) is 35.7 Å². The zero-order valence-corrected chi connectivity index (χ0v) is 22.1. The molecule has 5 heterocycles. The van der Waals surface area contributed by atoms with Crippen LogP contribution < -0.4 is 40.8 Å². The molecule has 0 radical (unpaired) electrons. The molecule has 0 spiro atoms. The summed E-state index contributed by atoms with van der Waals surface area (Å²) in [6.07, 6.45) is 5.96. The fraction of sp³-hybridized carbons (Fsp3) is 0.286. The van der Waals surface area contributed by atoms with Gasteiger partial charge in [-0.05, 0) is 41.3 Å². The van der Waals surface area contributed by atoms with Crippen LogP contribution in [0, 0.1) is 0 Å². The Labute approximate surface area is 231 Å². The number of ether oxygens (including phenoxy) is 4. The monoisotopic (exact) mass is 547 g/mol. The molecule has 1 fully saturated rings. The van der Waals surface area contributed by atoms with Gasteiger partial charge in [0.05, 0.1) is 18.1 Å². The zero-order chi connectivity index (χ0) is 25.6. The average Bonchev–Trinajstić information content (AvgIpc) is 3.43. The number of rotatable bonds is 3. The maximum atomic E-state index is 13.2. The van der Waals surface area contributed by atoms with Gasteiger partial charge in [-0.25, -0.2) is 14.8 Å². The highest BCUT2D eigenvalue weighted by molar-refractivity contribution is 5.93. The Kier molecular flexibility index (Phi) is 6.48. The quantitative estimate of drug-likeness (QED) is 0.336. The van der Waals surface area contributed by atoms with E-state index in [1.54, 1.807) is 30.5 Å². The van der Waals surface area contributed by atoms with Crippen LogP contribution in [0.3, 0.4) is 0 Å². The molecule has 3 aliphatic rings. The van der Waals surface area contributed by atoms with Gasteiger partial charge in [-0.15, -0.1) is 0 Å². The van der Waals surface area contributed by atoms with E-state index in [-0.39, 0.29) is 19.2 Å². The predicted octanol–water partition coefficient (Wildman–Crippen LogP) is 0.203. The summed E-state index contributed by atoms with van der Waals surface area (Å²) in [6.45, 7) is 3.34. The molecule has 200 valence electrons. The number of aryl methyl sites for hydroxylation is 2. The lowest BCUT2D eigenvalue weighted by Crippen LogP contribution is -3.00. The summed E-state index contributed by atoms with van der Waals surface area (Å²) in [5.74, 6) is 3.18. The second-order valence-corrected chi connectivity index (χ2v) is 9.46. The number of amides is 1. The van der Waals surface area contributed by atoms with Crippen molar-refractivity contribution in [2.75, 3.05) is 45.0 Å². The van der Waals surface area contributed by atoms with E-state index in [0.29, 0.717) is 43.6 Å².